The van der Waals surface area contributed by atoms with Crippen LogP contribution in [0.5, 0.6) is 11.5 Å². The van der Waals surface area contributed by atoms with Gasteiger partial charge in [0.2, 0.25) is 12.7 Å². The highest BCUT2D eigenvalue weighted by atomic mass is 16.7. The van der Waals surface area contributed by atoms with Crippen molar-refractivity contribution in [1.29, 1.82) is 0 Å². The lowest BCUT2D eigenvalue weighted by atomic mass is 10.2. The summed E-state index contributed by atoms with van der Waals surface area (Å²) in [5.74, 6) is 1.55. The van der Waals surface area contributed by atoms with Gasteiger partial charge in [-0.1, -0.05) is 6.07 Å². The van der Waals surface area contributed by atoms with Crippen LogP contribution >= 0.6 is 0 Å². The molecular weight excluding hydrogens is 346 g/mol. The Bertz CT molecular complexity index is 1020. The summed E-state index contributed by atoms with van der Waals surface area (Å²) in [6.45, 7) is 4.06. The van der Waals surface area contributed by atoms with E-state index in [-0.39, 0.29) is 12.7 Å². The molecule has 27 heavy (non-hydrogen) atoms. The van der Waals surface area contributed by atoms with E-state index >= 15 is 0 Å². The fourth-order valence-electron chi connectivity index (χ4n) is 2.70. The van der Waals surface area contributed by atoms with E-state index in [0.29, 0.717) is 23.1 Å². The van der Waals surface area contributed by atoms with Crippen LogP contribution in [0.15, 0.2) is 42.7 Å². The molecule has 0 aliphatic carbocycles. The normalized spacial score (nSPS) is 12.5. The van der Waals surface area contributed by atoms with Crippen molar-refractivity contribution >= 4 is 17.7 Å². The second-order valence-corrected chi connectivity index (χ2v) is 6.05. The topological polar surface area (TPSA) is 91.2 Å². The average Bonchev–Trinajstić information content (AvgIpc) is 3.26. The molecule has 136 valence electrons. The molecule has 4 rings (SSSR count). The summed E-state index contributed by atoms with van der Waals surface area (Å²) in [7, 11) is 0. The van der Waals surface area contributed by atoms with Gasteiger partial charge >= 0.3 is 0 Å². The van der Waals surface area contributed by atoms with Gasteiger partial charge in [0.1, 0.15) is 0 Å². The SMILES string of the molecule is Cc1cc(C)n(-c2ncc(NC(=O)/C=C/c3ccc4c(c3)OCO4)cn2)n1. The smallest absolute Gasteiger partial charge is 0.250 e. The van der Waals surface area contributed by atoms with Gasteiger partial charge in [-0.3, -0.25) is 4.79 Å². The average molecular weight is 363 g/mol. The molecule has 0 atom stereocenters. The molecule has 8 nitrogen and oxygen atoms in total. The first-order valence-electron chi connectivity index (χ1n) is 8.33. The minimum atomic E-state index is -0.282. The van der Waals surface area contributed by atoms with Crippen LogP contribution in [0, 0.1) is 13.8 Å². The predicted octanol–water partition coefficient (Wildman–Crippen LogP) is 2.66. The highest BCUT2D eigenvalue weighted by Crippen LogP contribution is 2.32. The molecule has 0 fully saturated rings. The molecule has 0 saturated heterocycles. The van der Waals surface area contributed by atoms with Crippen molar-refractivity contribution in [2.45, 2.75) is 13.8 Å². The van der Waals surface area contributed by atoms with Crippen LogP contribution in [0.3, 0.4) is 0 Å². The molecule has 1 aromatic carbocycles. The highest BCUT2D eigenvalue weighted by Gasteiger charge is 2.12. The third-order valence-electron chi connectivity index (χ3n) is 3.93. The van der Waals surface area contributed by atoms with Crippen molar-refractivity contribution < 1.29 is 14.3 Å². The van der Waals surface area contributed by atoms with Crippen LogP contribution < -0.4 is 14.8 Å². The zero-order valence-electron chi connectivity index (χ0n) is 14.8. The number of aryl methyl sites for hydroxylation is 2. The number of amides is 1. The number of carbonyl (C=O) groups is 1. The quantitative estimate of drug-likeness (QED) is 0.717. The molecule has 0 bridgehead atoms. The third kappa shape index (κ3) is 3.64. The fourth-order valence-corrected chi connectivity index (χ4v) is 2.70. The molecule has 1 amide bonds. The van der Waals surface area contributed by atoms with E-state index in [4.69, 9.17) is 9.47 Å². The third-order valence-corrected chi connectivity index (χ3v) is 3.93. The molecule has 0 radical (unpaired) electrons. The fraction of sp³-hybridized carbons (Fsp3) is 0.158. The molecule has 1 N–H and O–H groups in total. The van der Waals surface area contributed by atoms with Crippen molar-refractivity contribution in [3.63, 3.8) is 0 Å². The number of benzene rings is 1. The van der Waals surface area contributed by atoms with E-state index in [1.807, 2.05) is 38.1 Å². The maximum Gasteiger partial charge on any atom is 0.250 e. The Morgan fingerprint density at radius 3 is 2.67 bits per heavy atom. The number of aromatic nitrogens is 4. The number of nitrogens with one attached hydrogen (secondary N) is 1. The summed E-state index contributed by atoms with van der Waals surface area (Å²) >= 11 is 0. The van der Waals surface area contributed by atoms with Crippen LogP contribution in [-0.4, -0.2) is 32.4 Å². The summed E-state index contributed by atoms with van der Waals surface area (Å²) in [6.07, 6.45) is 6.23. The maximum absolute atomic E-state index is 12.1. The van der Waals surface area contributed by atoms with Crippen molar-refractivity contribution in [3.05, 3.63) is 59.7 Å². The van der Waals surface area contributed by atoms with Crippen LogP contribution in [0.4, 0.5) is 5.69 Å². The molecule has 1 aliphatic rings. The summed E-state index contributed by atoms with van der Waals surface area (Å²) in [5.41, 5.74) is 3.17. The minimum absolute atomic E-state index is 0.219. The molecule has 1 aliphatic heterocycles. The number of fused-ring (bicyclic) bond motifs is 1. The number of hydrogen-bond donors (Lipinski definition) is 1. The van der Waals surface area contributed by atoms with Crippen LogP contribution in [0.25, 0.3) is 12.0 Å². The Balaban J connectivity index is 1.41. The van der Waals surface area contributed by atoms with Gasteiger partial charge in [0.15, 0.2) is 11.5 Å². The number of carbonyl (C=O) groups excluding carboxylic acids is 1. The van der Waals surface area contributed by atoms with Gasteiger partial charge in [-0.05, 0) is 43.7 Å². The first-order chi connectivity index (χ1) is 13.1. The Hall–Kier alpha value is -3.68. The number of anilines is 1. The molecular formula is C19H17N5O3. The molecule has 0 saturated carbocycles. The van der Waals surface area contributed by atoms with Gasteiger partial charge in [0, 0.05) is 11.8 Å². The van der Waals surface area contributed by atoms with E-state index in [1.54, 1.807) is 23.2 Å². The Morgan fingerprint density at radius 2 is 1.93 bits per heavy atom. The standard InChI is InChI=1S/C19H17N5O3/c1-12-7-13(2)24(23-12)19-20-9-15(10-21-19)22-18(25)6-4-14-3-5-16-17(8-14)27-11-26-16/h3-10H,11H2,1-2H3,(H,22,25)/b6-4+. The zero-order chi connectivity index (χ0) is 18.8. The van der Waals surface area contributed by atoms with Crippen molar-refractivity contribution in [2.24, 2.45) is 0 Å². The Labute approximate surface area is 155 Å². The van der Waals surface area contributed by atoms with Crippen LogP contribution in [0.2, 0.25) is 0 Å². The summed E-state index contributed by atoms with van der Waals surface area (Å²) in [4.78, 5) is 20.6. The minimum Gasteiger partial charge on any atom is -0.454 e. The predicted molar refractivity (Wildman–Crippen MR) is 98.9 cm³/mol. The van der Waals surface area contributed by atoms with Gasteiger partial charge in [0.05, 0.1) is 23.8 Å². The van der Waals surface area contributed by atoms with Gasteiger partial charge < -0.3 is 14.8 Å². The second kappa shape index (κ2) is 6.91. The van der Waals surface area contributed by atoms with E-state index in [9.17, 15) is 4.79 Å². The van der Waals surface area contributed by atoms with E-state index in [2.05, 4.69) is 20.4 Å². The number of ether oxygens (including phenoxy) is 2. The molecule has 2 aromatic heterocycles. The second-order valence-electron chi connectivity index (χ2n) is 6.05. The van der Waals surface area contributed by atoms with E-state index < -0.39 is 0 Å². The number of rotatable bonds is 4. The monoisotopic (exact) mass is 363 g/mol. The lowest BCUT2D eigenvalue weighted by Gasteiger charge is -2.04. The molecule has 0 unspecified atom stereocenters. The number of nitrogens with zero attached hydrogens (tertiary/aromatic N) is 4. The largest absolute Gasteiger partial charge is 0.454 e. The summed E-state index contributed by atoms with van der Waals surface area (Å²) < 4.78 is 12.2. The van der Waals surface area contributed by atoms with Crippen LogP contribution in [-0.2, 0) is 4.79 Å². The van der Waals surface area contributed by atoms with Gasteiger partial charge in [-0.2, -0.15) is 5.10 Å². The lowest BCUT2D eigenvalue weighted by molar-refractivity contribution is -0.111. The number of hydrogen-bond acceptors (Lipinski definition) is 6. The van der Waals surface area contributed by atoms with Gasteiger partial charge in [-0.25, -0.2) is 14.6 Å². The van der Waals surface area contributed by atoms with Gasteiger partial charge in [0.25, 0.3) is 5.95 Å². The molecule has 3 aromatic rings. The molecule has 3 heterocycles. The maximum atomic E-state index is 12.1. The van der Waals surface area contributed by atoms with Gasteiger partial charge in [-0.15, -0.1) is 0 Å². The Morgan fingerprint density at radius 1 is 1.15 bits per heavy atom. The summed E-state index contributed by atoms with van der Waals surface area (Å²) in [6, 6.07) is 7.42. The van der Waals surface area contributed by atoms with Crippen molar-refractivity contribution in [2.75, 3.05) is 12.1 Å². The molecule has 0 spiro atoms. The van der Waals surface area contributed by atoms with Crippen LogP contribution in [0.1, 0.15) is 17.0 Å². The van der Waals surface area contributed by atoms with E-state index in [1.165, 1.54) is 6.08 Å². The first-order valence-corrected chi connectivity index (χ1v) is 8.33. The summed E-state index contributed by atoms with van der Waals surface area (Å²) in [5, 5.41) is 7.06. The molecule has 8 heteroatoms. The van der Waals surface area contributed by atoms with E-state index in [0.717, 1.165) is 17.0 Å². The Kier molecular flexibility index (Phi) is 4.29. The lowest BCUT2D eigenvalue weighted by Crippen LogP contribution is -2.10. The van der Waals surface area contributed by atoms with Crippen molar-refractivity contribution in [3.8, 4) is 17.4 Å². The highest BCUT2D eigenvalue weighted by molar-refractivity contribution is 6.01. The first kappa shape index (κ1) is 16.8. The van der Waals surface area contributed by atoms with Crippen molar-refractivity contribution in [1.82, 2.24) is 19.7 Å². The zero-order valence-corrected chi connectivity index (χ0v) is 14.8.